The van der Waals surface area contributed by atoms with E-state index in [0.717, 1.165) is 18.5 Å². The number of likely N-dealkylation sites (N-methyl/N-ethyl adjacent to an activating group) is 1. The van der Waals surface area contributed by atoms with Crippen molar-refractivity contribution in [3.63, 3.8) is 0 Å². The smallest absolute Gasteiger partial charge is 0.251 e. The molecule has 1 fully saturated rings. The lowest BCUT2D eigenvalue weighted by atomic mass is 9.75. The molecule has 1 aliphatic rings. The van der Waals surface area contributed by atoms with Crippen molar-refractivity contribution in [2.24, 2.45) is 5.84 Å². The highest BCUT2D eigenvalue weighted by atomic mass is 16.1. The lowest BCUT2D eigenvalue weighted by Crippen LogP contribution is -2.57. The van der Waals surface area contributed by atoms with Gasteiger partial charge in [0.05, 0.1) is 0 Å². The molecule has 1 amide bonds. The standard InChI is InChI=1S/C14H22N4O/c1-18(2)14(8-3-9-14)10-16-13(19)11-4-6-12(17-15)7-5-11/h4-7,17H,3,8-10,15H2,1-2H3,(H,16,19). The normalized spacial score (nSPS) is 16.8. The van der Waals surface area contributed by atoms with Crippen molar-refractivity contribution in [1.82, 2.24) is 10.2 Å². The zero-order valence-electron chi connectivity index (χ0n) is 11.6. The van der Waals surface area contributed by atoms with Gasteiger partial charge in [-0.05, 0) is 57.6 Å². The third kappa shape index (κ3) is 2.88. The van der Waals surface area contributed by atoms with Crippen LogP contribution in [0.5, 0.6) is 0 Å². The van der Waals surface area contributed by atoms with Gasteiger partial charge >= 0.3 is 0 Å². The van der Waals surface area contributed by atoms with Crippen LogP contribution in [0.15, 0.2) is 24.3 Å². The Balaban J connectivity index is 1.93. The fourth-order valence-corrected chi connectivity index (χ4v) is 2.43. The van der Waals surface area contributed by atoms with Crippen molar-refractivity contribution in [3.8, 4) is 0 Å². The predicted molar refractivity (Wildman–Crippen MR) is 76.9 cm³/mol. The monoisotopic (exact) mass is 262 g/mol. The minimum absolute atomic E-state index is 0.0308. The Morgan fingerprint density at radius 1 is 1.32 bits per heavy atom. The molecule has 1 aromatic carbocycles. The number of carbonyl (C=O) groups is 1. The van der Waals surface area contributed by atoms with Crippen LogP contribution in [-0.2, 0) is 0 Å². The fraction of sp³-hybridized carbons (Fsp3) is 0.500. The van der Waals surface area contributed by atoms with E-state index in [1.807, 2.05) is 0 Å². The number of amides is 1. The number of hydrogen-bond acceptors (Lipinski definition) is 4. The zero-order valence-corrected chi connectivity index (χ0v) is 11.6. The van der Waals surface area contributed by atoms with Crippen LogP contribution in [0, 0.1) is 0 Å². The number of nitrogens with two attached hydrogens (primary N) is 1. The predicted octanol–water partition coefficient (Wildman–Crippen LogP) is 1.19. The molecule has 4 N–H and O–H groups in total. The van der Waals surface area contributed by atoms with E-state index < -0.39 is 0 Å². The van der Waals surface area contributed by atoms with Crippen LogP contribution in [-0.4, -0.2) is 37.0 Å². The maximum atomic E-state index is 12.1. The summed E-state index contributed by atoms with van der Waals surface area (Å²) < 4.78 is 0. The lowest BCUT2D eigenvalue weighted by molar-refractivity contribution is 0.0557. The fourth-order valence-electron chi connectivity index (χ4n) is 2.43. The van der Waals surface area contributed by atoms with Crippen molar-refractivity contribution in [1.29, 1.82) is 0 Å². The van der Waals surface area contributed by atoms with E-state index in [9.17, 15) is 4.79 Å². The van der Waals surface area contributed by atoms with Crippen molar-refractivity contribution < 1.29 is 4.79 Å². The quantitative estimate of drug-likeness (QED) is 0.550. The van der Waals surface area contributed by atoms with E-state index in [4.69, 9.17) is 5.84 Å². The van der Waals surface area contributed by atoms with Gasteiger partial charge in [0, 0.05) is 23.3 Å². The number of nitrogen functional groups attached to an aromatic ring is 1. The first-order valence-electron chi connectivity index (χ1n) is 6.60. The van der Waals surface area contributed by atoms with Crippen molar-refractivity contribution in [3.05, 3.63) is 29.8 Å². The van der Waals surface area contributed by atoms with Crippen molar-refractivity contribution >= 4 is 11.6 Å². The molecule has 2 rings (SSSR count). The Kier molecular flexibility index (Phi) is 4.07. The first-order valence-corrected chi connectivity index (χ1v) is 6.60. The highest BCUT2D eigenvalue weighted by Gasteiger charge is 2.39. The van der Waals surface area contributed by atoms with Crippen LogP contribution in [0.1, 0.15) is 29.6 Å². The second kappa shape index (κ2) is 5.59. The molecule has 1 aliphatic carbocycles. The number of hydrazine groups is 1. The molecule has 0 unspecified atom stereocenters. The molecule has 0 bridgehead atoms. The average molecular weight is 262 g/mol. The van der Waals surface area contributed by atoms with Gasteiger partial charge in [-0.25, -0.2) is 0 Å². The molecule has 0 aromatic heterocycles. The van der Waals surface area contributed by atoms with Gasteiger partial charge in [0.2, 0.25) is 0 Å². The van der Waals surface area contributed by atoms with E-state index in [2.05, 4.69) is 29.7 Å². The van der Waals surface area contributed by atoms with Crippen LogP contribution in [0.25, 0.3) is 0 Å². The topological polar surface area (TPSA) is 70.4 Å². The van der Waals surface area contributed by atoms with Gasteiger partial charge in [-0.3, -0.25) is 10.6 Å². The molecular formula is C14H22N4O. The molecule has 19 heavy (non-hydrogen) atoms. The molecule has 0 aliphatic heterocycles. The largest absolute Gasteiger partial charge is 0.350 e. The maximum Gasteiger partial charge on any atom is 0.251 e. The van der Waals surface area contributed by atoms with Gasteiger partial charge in [0.1, 0.15) is 0 Å². The van der Waals surface area contributed by atoms with E-state index in [1.54, 1.807) is 24.3 Å². The molecule has 0 radical (unpaired) electrons. The van der Waals surface area contributed by atoms with Crippen LogP contribution >= 0.6 is 0 Å². The average Bonchev–Trinajstić information content (AvgIpc) is 2.37. The second-order valence-electron chi connectivity index (χ2n) is 5.38. The summed E-state index contributed by atoms with van der Waals surface area (Å²) in [6.45, 7) is 0.704. The van der Waals surface area contributed by atoms with Gasteiger partial charge in [-0.2, -0.15) is 0 Å². The summed E-state index contributed by atoms with van der Waals surface area (Å²) in [5.41, 5.74) is 4.14. The summed E-state index contributed by atoms with van der Waals surface area (Å²) in [5, 5.41) is 3.03. The molecule has 0 saturated heterocycles. The number of anilines is 1. The van der Waals surface area contributed by atoms with Gasteiger partial charge in [0.15, 0.2) is 0 Å². The molecular weight excluding hydrogens is 240 g/mol. The zero-order chi connectivity index (χ0) is 13.9. The summed E-state index contributed by atoms with van der Waals surface area (Å²) in [4.78, 5) is 14.3. The second-order valence-corrected chi connectivity index (χ2v) is 5.38. The van der Waals surface area contributed by atoms with Crippen LogP contribution < -0.4 is 16.6 Å². The number of hydrogen-bond donors (Lipinski definition) is 3. The van der Waals surface area contributed by atoms with Crippen LogP contribution in [0.3, 0.4) is 0 Å². The highest BCUT2D eigenvalue weighted by Crippen LogP contribution is 2.35. The summed E-state index contributed by atoms with van der Waals surface area (Å²) in [6, 6.07) is 7.13. The molecule has 1 aromatic rings. The van der Waals surface area contributed by atoms with Crippen LogP contribution in [0.4, 0.5) is 5.69 Å². The Hall–Kier alpha value is -1.59. The van der Waals surface area contributed by atoms with Gasteiger partial charge in [-0.15, -0.1) is 0 Å². The first-order chi connectivity index (χ1) is 9.07. The minimum atomic E-state index is -0.0308. The molecule has 104 valence electrons. The number of benzene rings is 1. The van der Waals surface area contributed by atoms with Gasteiger partial charge < -0.3 is 15.6 Å². The summed E-state index contributed by atoms with van der Waals surface area (Å²) in [6.07, 6.45) is 3.54. The molecule has 0 atom stereocenters. The first kappa shape index (κ1) is 13.8. The number of carbonyl (C=O) groups excluding carboxylic acids is 1. The summed E-state index contributed by atoms with van der Waals surface area (Å²) in [5.74, 6) is 5.26. The van der Waals surface area contributed by atoms with E-state index >= 15 is 0 Å². The van der Waals surface area contributed by atoms with Crippen molar-refractivity contribution in [2.75, 3.05) is 26.1 Å². The highest BCUT2D eigenvalue weighted by molar-refractivity contribution is 5.94. The third-order valence-corrected chi connectivity index (χ3v) is 4.12. The molecule has 0 heterocycles. The number of rotatable bonds is 5. The van der Waals surface area contributed by atoms with Gasteiger partial charge in [0.25, 0.3) is 5.91 Å². The number of nitrogens with zero attached hydrogens (tertiary/aromatic N) is 1. The van der Waals surface area contributed by atoms with E-state index in [0.29, 0.717) is 12.1 Å². The third-order valence-electron chi connectivity index (χ3n) is 4.12. The maximum absolute atomic E-state index is 12.1. The lowest BCUT2D eigenvalue weighted by Gasteiger charge is -2.47. The molecule has 1 saturated carbocycles. The SMILES string of the molecule is CN(C)C1(CNC(=O)c2ccc(NN)cc2)CCC1. The summed E-state index contributed by atoms with van der Waals surface area (Å²) >= 11 is 0. The Morgan fingerprint density at radius 3 is 2.37 bits per heavy atom. The van der Waals surface area contributed by atoms with E-state index in [-0.39, 0.29) is 11.4 Å². The minimum Gasteiger partial charge on any atom is -0.350 e. The molecule has 5 nitrogen and oxygen atoms in total. The Morgan fingerprint density at radius 2 is 1.95 bits per heavy atom. The van der Waals surface area contributed by atoms with Gasteiger partial charge in [-0.1, -0.05) is 0 Å². The Labute approximate surface area is 114 Å². The molecule has 5 heteroatoms. The molecule has 0 spiro atoms. The number of nitrogens with one attached hydrogen (secondary N) is 2. The van der Waals surface area contributed by atoms with Crippen LogP contribution in [0.2, 0.25) is 0 Å². The van der Waals surface area contributed by atoms with Crippen molar-refractivity contribution in [2.45, 2.75) is 24.8 Å². The Bertz CT molecular complexity index is 437. The summed E-state index contributed by atoms with van der Waals surface area (Å²) in [7, 11) is 4.15. The van der Waals surface area contributed by atoms with E-state index in [1.165, 1.54) is 6.42 Å².